The Morgan fingerprint density at radius 3 is 2.88 bits per heavy atom. The van der Waals surface area contributed by atoms with Crippen LogP contribution < -0.4 is 11.1 Å². The molecule has 1 fully saturated rings. The van der Waals surface area contributed by atoms with Crippen LogP contribution in [0.1, 0.15) is 0 Å². The van der Waals surface area contributed by atoms with Gasteiger partial charge in [0.05, 0.1) is 19.8 Å². The zero-order chi connectivity index (χ0) is 17.6. The number of morpholine rings is 1. The monoisotopic (exact) mass is 346 g/mol. The van der Waals surface area contributed by atoms with E-state index in [1.165, 1.54) is 7.11 Å². The Labute approximate surface area is 147 Å². The Hall–Kier alpha value is -1.93. The van der Waals surface area contributed by atoms with Gasteiger partial charge in [0.25, 0.3) is 0 Å². The van der Waals surface area contributed by atoms with Crippen LogP contribution in [0.4, 0.5) is 5.69 Å². The number of anilines is 1. The third kappa shape index (κ3) is 4.58. The van der Waals surface area contributed by atoms with Gasteiger partial charge in [0.2, 0.25) is 5.91 Å². The highest BCUT2D eigenvalue weighted by Crippen LogP contribution is 2.21. The molecule has 0 bridgehead atoms. The molecule has 1 aromatic carbocycles. The summed E-state index contributed by atoms with van der Waals surface area (Å²) in [6, 6.07) is 7.31. The number of rotatable bonds is 7. The van der Waals surface area contributed by atoms with Crippen molar-refractivity contribution in [1.29, 1.82) is 0 Å². The maximum Gasteiger partial charge on any atom is 0.243 e. The van der Waals surface area contributed by atoms with Crippen LogP contribution in [-0.2, 0) is 20.8 Å². The molecule has 0 radical (unpaired) electrons. The van der Waals surface area contributed by atoms with Gasteiger partial charge in [-0.2, -0.15) is 0 Å². The van der Waals surface area contributed by atoms with Crippen LogP contribution in [0, 0.1) is 0 Å². The van der Waals surface area contributed by atoms with E-state index >= 15 is 0 Å². The first-order valence-electron chi connectivity index (χ1n) is 8.62. The smallest absolute Gasteiger partial charge is 0.243 e. The summed E-state index contributed by atoms with van der Waals surface area (Å²) in [4.78, 5) is 14.4. The Balaban J connectivity index is 1.63. The SMILES string of the molecule is COCC(N)C(=O)Nc1ccc2c(ccn2CCN2CCOCC2)c1. The number of ether oxygens (including phenoxy) is 2. The van der Waals surface area contributed by atoms with Crippen LogP contribution in [0.3, 0.4) is 0 Å². The topological polar surface area (TPSA) is 81.8 Å². The summed E-state index contributed by atoms with van der Waals surface area (Å²) in [5.74, 6) is -0.243. The molecule has 0 aliphatic carbocycles. The number of hydrogen-bond acceptors (Lipinski definition) is 5. The fourth-order valence-electron chi connectivity index (χ4n) is 3.04. The van der Waals surface area contributed by atoms with Gasteiger partial charge in [-0.15, -0.1) is 0 Å². The quantitative estimate of drug-likeness (QED) is 0.778. The normalized spacial score (nSPS) is 16.9. The van der Waals surface area contributed by atoms with Gasteiger partial charge in [0.15, 0.2) is 0 Å². The van der Waals surface area contributed by atoms with Crippen LogP contribution in [-0.4, -0.2) is 68.0 Å². The van der Waals surface area contributed by atoms with Crippen LogP contribution in [0.2, 0.25) is 0 Å². The molecule has 1 unspecified atom stereocenters. The van der Waals surface area contributed by atoms with Crippen molar-refractivity contribution in [2.24, 2.45) is 5.73 Å². The Morgan fingerprint density at radius 2 is 2.12 bits per heavy atom. The first-order chi connectivity index (χ1) is 12.2. The molecule has 2 heterocycles. The number of methoxy groups -OCH3 is 1. The number of carbonyl (C=O) groups excluding carboxylic acids is 1. The summed E-state index contributed by atoms with van der Waals surface area (Å²) < 4.78 is 12.5. The summed E-state index contributed by atoms with van der Waals surface area (Å²) >= 11 is 0. The number of fused-ring (bicyclic) bond motifs is 1. The first kappa shape index (κ1) is 17.9. The van der Waals surface area contributed by atoms with Gasteiger partial charge in [0.1, 0.15) is 6.04 Å². The van der Waals surface area contributed by atoms with Crippen molar-refractivity contribution in [3.63, 3.8) is 0 Å². The summed E-state index contributed by atoms with van der Waals surface area (Å²) in [6.45, 7) is 5.78. The van der Waals surface area contributed by atoms with Gasteiger partial charge in [-0.1, -0.05) is 0 Å². The minimum absolute atomic E-state index is 0.200. The summed E-state index contributed by atoms with van der Waals surface area (Å²) in [5.41, 5.74) is 7.65. The number of carbonyl (C=O) groups is 1. The Bertz CT molecular complexity index is 709. The van der Waals surface area contributed by atoms with Crippen molar-refractivity contribution in [3.8, 4) is 0 Å². The molecular weight excluding hydrogens is 320 g/mol. The molecular formula is C18H26N4O3. The molecule has 3 N–H and O–H groups in total. The van der Waals surface area contributed by atoms with Crippen molar-refractivity contribution >= 4 is 22.5 Å². The van der Waals surface area contributed by atoms with Gasteiger partial charge in [-0.05, 0) is 24.3 Å². The van der Waals surface area contributed by atoms with Crippen LogP contribution in [0.5, 0.6) is 0 Å². The third-order valence-corrected chi connectivity index (χ3v) is 4.48. The van der Waals surface area contributed by atoms with E-state index in [1.54, 1.807) is 0 Å². The van der Waals surface area contributed by atoms with E-state index in [9.17, 15) is 4.79 Å². The fourth-order valence-corrected chi connectivity index (χ4v) is 3.04. The zero-order valence-electron chi connectivity index (χ0n) is 14.6. The number of benzene rings is 1. The molecule has 1 saturated heterocycles. The molecule has 3 rings (SSSR count). The lowest BCUT2D eigenvalue weighted by Gasteiger charge is -2.26. The maximum atomic E-state index is 12.0. The largest absolute Gasteiger partial charge is 0.383 e. The average molecular weight is 346 g/mol. The second-order valence-electron chi connectivity index (χ2n) is 6.29. The number of hydrogen-bond donors (Lipinski definition) is 2. The molecule has 0 spiro atoms. The lowest BCUT2D eigenvalue weighted by Crippen LogP contribution is -2.39. The lowest BCUT2D eigenvalue weighted by atomic mass is 10.2. The molecule has 136 valence electrons. The van der Waals surface area contributed by atoms with Gasteiger partial charge < -0.3 is 25.1 Å². The van der Waals surface area contributed by atoms with E-state index < -0.39 is 6.04 Å². The van der Waals surface area contributed by atoms with Crippen molar-refractivity contribution in [1.82, 2.24) is 9.47 Å². The predicted octanol–water partition coefficient (Wildman–Crippen LogP) is 0.886. The van der Waals surface area contributed by atoms with Gasteiger partial charge in [-0.3, -0.25) is 9.69 Å². The standard InChI is InChI=1S/C18H26N4O3/c1-24-13-16(19)18(23)20-15-2-3-17-14(12-15)4-5-22(17)7-6-21-8-10-25-11-9-21/h2-5,12,16H,6-11,13,19H2,1H3,(H,20,23). The minimum Gasteiger partial charge on any atom is -0.383 e. The number of aromatic nitrogens is 1. The lowest BCUT2D eigenvalue weighted by molar-refractivity contribution is -0.118. The molecule has 2 aromatic rings. The van der Waals surface area contributed by atoms with E-state index in [1.807, 2.05) is 18.2 Å². The van der Waals surface area contributed by atoms with Crippen LogP contribution >= 0.6 is 0 Å². The van der Waals surface area contributed by atoms with Crippen molar-refractivity contribution in [3.05, 3.63) is 30.5 Å². The average Bonchev–Trinajstić information content (AvgIpc) is 3.03. The predicted molar refractivity (Wildman–Crippen MR) is 97.7 cm³/mol. The number of nitrogens with one attached hydrogen (secondary N) is 1. The molecule has 1 aliphatic rings. The second-order valence-corrected chi connectivity index (χ2v) is 6.29. The highest BCUT2D eigenvalue weighted by molar-refractivity contribution is 5.96. The molecule has 25 heavy (non-hydrogen) atoms. The molecule has 1 aromatic heterocycles. The highest BCUT2D eigenvalue weighted by Gasteiger charge is 2.14. The minimum atomic E-state index is -0.668. The number of nitrogens with zero attached hydrogens (tertiary/aromatic N) is 2. The van der Waals surface area contributed by atoms with Crippen LogP contribution in [0.25, 0.3) is 10.9 Å². The van der Waals surface area contributed by atoms with Crippen molar-refractivity contribution in [2.75, 3.05) is 51.9 Å². The molecule has 0 saturated carbocycles. The van der Waals surface area contributed by atoms with Crippen molar-refractivity contribution < 1.29 is 14.3 Å². The van der Waals surface area contributed by atoms with E-state index in [2.05, 4.69) is 27.0 Å². The van der Waals surface area contributed by atoms with Gasteiger partial charge >= 0.3 is 0 Å². The first-order valence-corrected chi connectivity index (χ1v) is 8.62. The number of nitrogens with two attached hydrogens (primary N) is 1. The van der Waals surface area contributed by atoms with E-state index in [0.717, 1.165) is 56.0 Å². The molecule has 1 amide bonds. The third-order valence-electron chi connectivity index (χ3n) is 4.48. The van der Waals surface area contributed by atoms with E-state index in [4.69, 9.17) is 15.2 Å². The molecule has 1 atom stereocenters. The van der Waals surface area contributed by atoms with Crippen LogP contribution in [0.15, 0.2) is 30.5 Å². The van der Waals surface area contributed by atoms with E-state index in [-0.39, 0.29) is 12.5 Å². The Kier molecular flexibility index (Phi) is 6.04. The van der Waals surface area contributed by atoms with E-state index in [0.29, 0.717) is 0 Å². The second kappa shape index (κ2) is 8.44. The van der Waals surface area contributed by atoms with Gasteiger partial charge in [-0.25, -0.2) is 0 Å². The maximum absolute atomic E-state index is 12.0. The summed E-state index contributed by atoms with van der Waals surface area (Å²) in [6.07, 6.45) is 2.09. The van der Waals surface area contributed by atoms with Gasteiger partial charge in [0, 0.05) is 56.1 Å². The zero-order valence-corrected chi connectivity index (χ0v) is 14.6. The van der Waals surface area contributed by atoms with Crippen molar-refractivity contribution in [2.45, 2.75) is 12.6 Å². The summed E-state index contributed by atoms with van der Waals surface area (Å²) in [7, 11) is 1.53. The fraction of sp³-hybridized carbons (Fsp3) is 0.500. The number of amides is 1. The molecule has 7 heteroatoms. The molecule has 1 aliphatic heterocycles. The molecule has 7 nitrogen and oxygen atoms in total. The summed E-state index contributed by atoms with van der Waals surface area (Å²) in [5, 5.41) is 3.93. The highest BCUT2D eigenvalue weighted by atomic mass is 16.5. The Morgan fingerprint density at radius 1 is 1.32 bits per heavy atom.